The first kappa shape index (κ1) is 14.7. The second kappa shape index (κ2) is 3.58. The summed E-state index contributed by atoms with van der Waals surface area (Å²) < 4.78 is 62.5. The molecule has 3 nitrogen and oxygen atoms in total. The summed E-state index contributed by atoms with van der Waals surface area (Å²) in [5.41, 5.74) is 5.01. The lowest BCUT2D eigenvalue weighted by molar-refractivity contribution is -0.137. The van der Waals surface area contributed by atoms with Gasteiger partial charge in [0.1, 0.15) is 4.90 Å². The highest BCUT2D eigenvalue weighted by atomic mass is 32.5. The van der Waals surface area contributed by atoms with Crippen LogP contribution in [0.4, 0.5) is 19.4 Å². The molecule has 0 spiro atoms. The largest absolute Gasteiger partial charge is 0.481 e. The molecule has 0 amide bonds. The van der Waals surface area contributed by atoms with Gasteiger partial charge in [-0.3, -0.25) is 4.79 Å². The summed E-state index contributed by atoms with van der Waals surface area (Å²) in [6, 6.07) is 0.987. The number of halogens is 5. The van der Waals surface area contributed by atoms with Crippen LogP contribution in [0, 0.1) is 0 Å². The third kappa shape index (κ3) is 3.84. The van der Waals surface area contributed by atoms with E-state index >= 15 is 0 Å². The van der Waals surface area contributed by atoms with Crippen molar-refractivity contribution in [2.45, 2.75) is 17.4 Å². The number of hydrogen-bond donors (Lipinski definition) is 2. The lowest BCUT2D eigenvalue weighted by Gasteiger charge is -2.40. The molecule has 0 fully saturated rings. The normalized spacial score (nSPS) is 17.7. The zero-order valence-corrected chi connectivity index (χ0v) is 9.64. The summed E-state index contributed by atoms with van der Waals surface area (Å²) in [7, 11) is -9.76. The van der Waals surface area contributed by atoms with Crippen LogP contribution in [-0.2, 0) is 4.79 Å². The van der Waals surface area contributed by atoms with Crippen molar-refractivity contribution in [3.05, 3.63) is 29.8 Å². The van der Waals surface area contributed by atoms with Gasteiger partial charge in [0.2, 0.25) is 0 Å². The molecule has 0 heterocycles. The third-order valence-corrected chi connectivity index (χ3v) is 3.27. The molecule has 1 unspecified atom stereocenters. The highest BCUT2D eigenvalue weighted by Gasteiger charge is 2.65. The average Bonchev–Trinajstić information content (AvgIpc) is 2.13. The number of hydrogen-bond acceptors (Lipinski definition) is 2. The number of benzene rings is 1. The van der Waals surface area contributed by atoms with Crippen molar-refractivity contribution in [1.82, 2.24) is 0 Å². The molecule has 9 heteroatoms. The van der Waals surface area contributed by atoms with Crippen molar-refractivity contribution < 1.29 is 29.3 Å². The van der Waals surface area contributed by atoms with Gasteiger partial charge in [0, 0.05) is 6.04 Å². The summed E-state index contributed by atoms with van der Waals surface area (Å²) in [6.07, 6.45) is -0.649. The second-order valence-corrected chi connectivity index (χ2v) is 6.16. The molecule has 0 saturated heterocycles. The second-order valence-electron chi connectivity index (χ2n) is 3.75. The van der Waals surface area contributed by atoms with Crippen LogP contribution in [0.1, 0.15) is 18.0 Å². The molecule has 0 aromatic heterocycles. The summed E-state index contributed by atoms with van der Waals surface area (Å²) >= 11 is 0. The molecular formula is C9H10F5NO2S. The van der Waals surface area contributed by atoms with Crippen molar-refractivity contribution in [2.75, 3.05) is 0 Å². The Labute approximate surface area is 99.1 Å². The Bertz CT molecular complexity index is 487. The Kier molecular flexibility index (Phi) is 2.92. The van der Waals surface area contributed by atoms with Gasteiger partial charge in [-0.1, -0.05) is 31.6 Å². The van der Waals surface area contributed by atoms with Crippen LogP contribution in [0.2, 0.25) is 0 Å². The van der Waals surface area contributed by atoms with Gasteiger partial charge in [-0.25, -0.2) is 0 Å². The van der Waals surface area contributed by atoms with Crippen LogP contribution >= 0.6 is 10.2 Å². The minimum atomic E-state index is -9.76. The minimum Gasteiger partial charge on any atom is -0.481 e. The molecule has 104 valence electrons. The molecule has 1 atom stereocenters. The molecule has 0 aliphatic rings. The summed E-state index contributed by atoms with van der Waals surface area (Å²) in [5, 5.41) is 8.43. The summed E-state index contributed by atoms with van der Waals surface area (Å²) in [4.78, 5) is 8.27. The van der Waals surface area contributed by atoms with Crippen LogP contribution in [0.25, 0.3) is 0 Å². The van der Waals surface area contributed by atoms with Crippen molar-refractivity contribution >= 4 is 16.2 Å². The molecule has 0 saturated carbocycles. The van der Waals surface area contributed by atoms with Crippen molar-refractivity contribution in [3.8, 4) is 0 Å². The monoisotopic (exact) mass is 291 g/mol. The minimum absolute atomic E-state index is 0.190. The SMILES string of the molecule is NC(CC(=O)O)c1cccc(S(F)(F)(F)(F)F)c1. The Morgan fingerprint density at radius 3 is 2.28 bits per heavy atom. The molecule has 0 radical (unpaired) electrons. The predicted molar refractivity (Wildman–Crippen MR) is 57.0 cm³/mol. The molecular weight excluding hydrogens is 281 g/mol. The molecule has 0 bridgehead atoms. The van der Waals surface area contributed by atoms with Crippen LogP contribution < -0.4 is 5.73 Å². The fraction of sp³-hybridized carbons (Fsp3) is 0.222. The van der Waals surface area contributed by atoms with Crippen LogP contribution in [0.3, 0.4) is 0 Å². The van der Waals surface area contributed by atoms with E-state index in [0.717, 1.165) is 12.1 Å². The van der Waals surface area contributed by atoms with Gasteiger partial charge in [0.05, 0.1) is 6.42 Å². The Hall–Kier alpha value is -1.35. The quantitative estimate of drug-likeness (QED) is 0.829. The smallest absolute Gasteiger partial charge is 0.310 e. The van der Waals surface area contributed by atoms with E-state index in [1.54, 1.807) is 0 Å². The van der Waals surface area contributed by atoms with E-state index in [9.17, 15) is 24.2 Å². The maximum Gasteiger partial charge on any atom is 0.310 e. The molecule has 3 N–H and O–H groups in total. The number of rotatable bonds is 4. The van der Waals surface area contributed by atoms with Crippen molar-refractivity contribution in [2.24, 2.45) is 5.73 Å². The van der Waals surface area contributed by atoms with Gasteiger partial charge in [-0.2, -0.15) is 0 Å². The zero-order chi connectivity index (χ0) is 14.3. The number of nitrogens with two attached hydrogens (primary N) is 1. The molecule has 1 aromatic carbocycles. The Morgan fingerprint density at radius 1 is 1.28 bits per heavy atom. The van der Waals surface area contributed by atoms with Crippen LogP contribution in [0.15, 0.2) is 29.2 Å². The first-order chi connectivity index (χ1) is 7.79. The Balaban J connectivity index is 3.20. The first-order valence-electron chi connectivity index (χ1n) is 4.61. The van der Waals surface area contributed by atoms with E-state index in [4.69, 9.17) is 10.8 Å². The maximum absolute atomic E-state index is 12.5. The van der Waals surface area contributed by atoms with Gasteiger partial charge >= 0.3 is 16.2 Å². The molecule has 18 heavy (non-hydrogen) atoms. The number of aliphatic carboxylic acids is 1. The topological polar surface area (TPSA) is 63.3 Å². The lowest BCUT2D eigenvalue weighted by atomic mass is 10.1. The van der Waals surface area contributed by atoms with Crippen LogP contribution in [-0.4, -0.2) is 11.1 Å². The highest BCUT2D eigenvalue weighted by molar-refractivity contribution is 8.45. The lowest BCUT2D eigenvalue weighted by Crippen LogP contribution is -2.16. The number of carboxylic acids is 1. The van der Waals surface area contributed by atoms with Crippen molar-refractivity contribution in [1.29, 1.82) is 0 Å². The summed E-state index contributed by atoms with van der Waals surface area (Å²) in [5.74, 6) is -1.33. The average molecular weight is 291 g/mol. The van der Waals surface area contributed by atoms with Crippen LogP contribution in [0.5, 0.6) is 0 Å². The molecule has 0 aliphatic heterocycles. The van der Waals surface area contributed by atoms with Gasteiger partial charge in [-0.05, 0) is 17.7 Å². The third-order valence-electron chi connectivity index (χ3n) is 2.13. The number of carboxylic acid groups (broad SMARTS) is 1. The molecule has 1 aromatic rings. The predicted octanol–water partition coefficient (Wildman–Crippen LogP) is 3.82. The fourth-order valence-electron chi connectivity index (χ4n) is 1.29. The fourth-order valence-corrected chi connectivity index (χ4v) is 1.99. The first-order valence-corrected chi connectivity index (χ1v) is 6.56. The number of carbonyl (C=O) groups is 1. The van der Waals surface area contributed by atoms with E-state index in [2.05, 4.69) is 0 Å². The van der Waals surface area contributed by atoms with Gasteiger partial charge in [-0.15, -0.1) is 0 Å². The standard InChI is InChI=1S/C9H10F5NO2S/c10-18(11,12,13,14)7-3-1-2-6(4-7)8(15)5-9(16)17/h1-4,8H,5,15H2,(H,16,17). The highest BCUT2D eigenvalue weighted by Crippen LogP contribution is 3.02. The molecule has 0 aliphatic carbocycles. The van der Waals surface area contributed by atoms with Gasteiger partial charge < -0.3 is 10.8 Å². The van der Waals surface area contributed by atoms with E-state index in [-0.39, 0.29) is 17.7 Å². The van der Waals surface area contributed by atoms with E-state index in [0.29, 0.717) is 0 Å². The maximum atomic E-state index is 12.5. The zero-order valence-electron chi connectivity index (χ0n) is 8.82. The Morgan fingerprint density at radius 2 is 1.83 bits per heavy atom. The van der Waals surface area contributed by atoms with Gasteiger partial charge in [0.25, 0.3) is 0 Å². The molecule has 1 rings (SSSR count). The van der Waals surface area contributed by atoms with E-state index < -0.39 is 33.6 Å². The van der Waals surface area contributed by atoms with E-state index in [1.165, 1.54) is 0 Å². The van der Waals surface area contributed by atoms with E-state index in [1.807, 2.05) is 0 Å². The summed E-state index contributed by atoms with van der Waals surface area (Å²) in [6.45, 7) is 0. The van der Waals surface area contributed by atoms with Crippen molar-refractivity contribution in [3.63, 3.8) is 0 Å². The van der Waals surface area contributed by atoms with Gasteiger partial charge in [0.15, 0.2) is 0 Å².